The Morgan fingerprint density at radius 3 is 2.58 bits per heavy atom. The topological polar surface area (TPSA) is 43.6 Å². The van der Waals surface area contributed by atoms with Gasteiger partial charge in [0.2, 0.25) is 0 Å². The number of allylic oxidation sites excluding steroid dienone is 1. The monoisotopic (exact) mass is 366 g/mol. The molecule has 3 aromatic rings. The molecule has 5 heteroatoms. The smallest absolute Gasteiger partial charge is 0.286 e. The Balaban J connectivity index is 1.89. The summed E-state index contributed by atoms with van der Waals surface area (Å²) in [4.78, 5) is 17.2. The Morgan fingerprint density at radius 2 is 1.88 bits per heavy atom. The fourth-order valence-electron chi connectivity index (χ4n) is 2.63. The van der Waals surface area contributed by atoms with Gasteiger partial charge in [-0.05, 0) is 56.2 Å². The number of aromatic nitrogens is 1. The van der Waals surface area contributed by atoms with E-state index in [9.17, 15) is 4.79 Å². The van der Waals surface area contributed by atoms with Crippen LogP contribution in [-0.2, 0) is 11.3 Å². The van der Waals surface area contributed by atoms with Crippen molar-refractivity contribution in [1.29, 1.82) is 0 Å². The van der Waals surface area contributed by atoms with Gasteiger partial charge in [0.05, 0.1) is 10.2 Å². The molecule has 1 amide bonds. The molecule has 0 aliphatic heterocycles. The highest BCUT2D eigenvalue weighted by Crippen LogP contribution is 2.22. The number of amides is 1. The van der Waals surface area contributed by atoms with Crippen LogP contribution in [0, 0.1) is 20.8 Å². The highest BCUT2D eigenvalue weighted by molar-refractivity contribution is 7.16. The number of rotatable bonds is 5. The van der Waals surface area contributed by atoms with Gasteiger partial charge in [-0.25, -0.2) is 0 Å². The molecule has 0 radical (unpaired) electrons. The summed E-state index contributed by atoms with van der Waals surface area (Å²) in [7, 11) is 0. The van der Waals surface area contributed by atoms with Crippen molar-refractivity contribution in [2.45, 2.75) is 27.3 Å². The molecule has 0 saturated carbocycles. The van der Waals surface area contributed by atoms with Crippen LogP contribution in [0.3, 0.4) is 0 Å². The van der Waals surface area contributed by atoms with Crippen LogP contribution in [0.4, 0.5) is 0 Å². The lowest BCUT2D eigenvalue weighted by Gasteiger charge is -2.04. The predicted octanol–water partition coefficient (Wildman–Crippen LogP) is 4.32. The molecule has 0 saturated heterocycles. The molecule has 2 aromatic carbocycles. The second-order valence-corrected chi connectivity index (χ2v) is 7.30. The van der Waals surface area contributed by atoms with Gasteiger partial charge in [-0.2, -0.15) is 4.99 Å². The molecule has 26 heavy (non-hydrogen) atoms. The zero-order valence-corrected chi connectivity index (χ0v) is 16.1. The Bertz CT molecular complexity index is 1030. The lowest BCUT2D eigenvalue weighted by atomic mass is 10.1. The van der Waals surface area contributed by atoms with Gasteiger partial charge in [-0.15, -0.1) is 6.58 Å². The molecule has 4 nitrogen and oxygen atoms in total. The molecule has 0 fully saturated rings. The Hall–Kier alpha value is -2.66. The Labute approximate surface area is 157 Å². The number of hydrogen-bond acceptors (Lipinski definition) is 3. The van der Waals surface area contributed by atoms with Crippen molar-refractivity contribution in [3.8, 4) is 5.75 Å². The van der Waals surface area contributed by atoms with Crippen molar-refractivity contribution in [2.24, 2.45) is 4.99 Å². The fraction of sp³-hybridized carbons (Fsp3) is 0.238. The van der Waals surface area contributed by atoms with Crippen molar-refractivity contribution in [3.05, 3.63) is 70.5 Å². The zero-order chi connectivity index (χ0) is 18.7. The summed E-state index contributed by atoms with van der Waals surface area (Å²) in [6, 6.07) is 11.9. The van der Waals surface area contributed by atoms with Gasteiger partial charge in [0.1, 0.15) is 5.75 Å². The van der Waals surface area contributed by atoms with E-state index in [2.05, 4.69) is 37.6 Å². The second kappa shape index (κ2) is 7.70. The van der Waals surface area contributed by atoms with Crippen molar-refractivity contribution in [3.63, 3.8) is 0 Å². The number of aryl methyl sites for hydroxylation is 3. The van der Waals surface area contributed by atoms with Crippen LogP contribution in [0.15, 0.2) is 54.0 Å². The summed E-state index contributed by atoms with van der Waals surface area (Å²) >= 11 is 1.51. The van der Waals surface area contributed by atoms with Gasteiger partial charge in [0.15, 0.2) is 11.4 Å². The number of fused-ring (bicyclic) bond motifs is 1. The molecular formula is C21H22N2O2S. The van der Waals surface area contributed by atoms with E-state index in [0.29, 0.717) is 17.1 Å². The third kappa shape index (κ3) is 3.94. The van der Waals surface area contributed by atoms with Crippen LogP contribution in [0.25, 0.3) is 10.2 Å². The first-order valence-corrected chi connectivity index (χ1v) is 9.28. The van der Waals surface area contributed by atoms with E-state index in [1.54, 1.807) is 0 Å². The highest BCUT2D eigenvalue weighted by atomic mass is 32.1. The number of carbonyl (C=O) groups is 1. The summed E-state index contributed by atoms with van der Waals surface area (Å²) in [6.07, 6.45) is 1.81. The number of hydrogen-bond donors (Lipinski definition) is 0. The van der Waals surface area contributed by atoms with E-state index in [1.165, 1.54) is 22.5 Å². The number of nitrogens with zero attached hydrogens (tertiary/aromatic N) is 2. The summed E-state index contributed by atoms with van der Waals surface area (Å²) in [5.41, 5.74) is 4.66. The van der Waals surface area contributed by atoms with E-state index in [1.807, 2.05) is 41.8 Å². The second-order valence-electron chi connectivity index (χ2n) is 6.30. The molecule has 1 heterocycles. The van der Waals surface area contributed by atoms with Gasteiger partial charge < -0.3 is 9.30 Å². The highest BCUT2D eigenvalue weighted by Gasteiger charge is 2.09. The number of thiazole rings is 1. The van der Waals surface area contributed by atoms with E-state index < -0.39 is 0 Å². The van der Waals surface area contributed by atoms with Crippen LogP contribution in [0.2, 0.25) is 0 Å². The standard InChI is InChI=1S/C21H22N2O2S/c1-5-10-23-18-11-15(3)16(4)12-19(18)26-21(23)22-20(24)13-25-17-8-6-14(2)7-9-17/h5-9,11-12H,1,10,13H2,2-4H3. The molecule has 134 valence electrons. The molecule has 0 aliphatic rings. The maximum absolute atomic E-state index is 12.3. The van der Waals surface area contributed by atoms with Gasteiger partial charge in [0.25, 0.3) is 5.91 Å². The number of ether oxygens (including phenoxy) is 1. The van der Waals surface area contributed by atoms with Crippen LogP contribution in [0.1, 0.15) is 16.7 Å². The molecule has 3 rings (SSSR count). The zero-order valence-electron chi connectivity index (χ0n) is 15.3. The lowest BCUT2D eigenvalue weighted by molar-refractivity contribution is -0.120. The molecule has 1 aromatic heterocycles. The molecule has 0 atom stereocenters. The molecule has 0 spiro atoms. The summed E-state index contributed by atoms with van der Waals surface area (Å²) in [6.45, 7) is 10.5. The number of carbonyl (C=O) groups excluding carboxylic acids is 1. The first kappa shape index (κ1) is 18.1. The quantitative estimate of drug-likeness (QED) is 0.631. The normalized spacial score (nSPS) is 11.7. The minimum Gasteiger partial charge on any atom is -0.484 e. The average Bonchev–Trinajstić information content (AvgIpc) is 2.92. The van der Waals surface area contributed by atoms with Gasteiger partial charge in [0, 0.05) is 6.54 Å². The first-order valence-electron chi connectivity index (χ1n) is 8.46. The van der Waals surface area contributed by atoms with Crippen molar-refractivity contribution in [1.82, 2.24) is 4.57 Å². The molecule has 0 unspecified atom stereocenters. The molecule has 0 aliphatic carbocycles. The first-order chi connectivity index (χ1) is 12.5. The van der Waals surface area contributed by atoms with Crippen LogP contribution >= 0.6 is 11.3 Å². The van der Waals surface area contributed by atoms with Crippen molar-refractivity contribution < 1.29 is 9.53 Å². The Kier molecular flexibility index (Phi) is 5.38. The fourth-order valence-corrected chi connectivity index (χ4v) is 3.77. The minimum absolute atomic E-state index is 0.0799. The van der Waals surface area contributed by atoms with E-state index in [4.69, 9.17) is 4.74 Å². The van der Waals surface area contributed by atoms with E-state index in [0.717, 1.165) is 15.8 Å². The number of benzene rings is 2. The molecule has 0 N–H and O–H groups in total. The third-order valence-electron chi connectivity index (χ3n) is 4.21. The third-order valence-corrected chi connectivity index (χ3v) is 5.25. The van der Waals surface area contributed by atoms with Crippen LogP contribution < -0.4 is 9.54 Å². The van der Waals surface area contributed by atoms with E-state index in [-0.39, 0.29) is 12.5 Å². The summed E-state index contributed by atoms with van der Waals surface area (Å²) < 4.78 is 8.67. The minimum atomic E-state index is -0.302. The maximum Gasteiger partial charge on any atom is 0.286 e. The average molecular weight is 366 g/mol. The largest absolute Gasteiger partial charge is 0.484 e. The van der Waals surface area contributed by atoms with Gasteiger partial charge >= 0.3 is 0 Å². The van der Waals surface area contributed by atoms with Crippen molar-refractivity contribution in [2.75, 3.05) is 6.61 Å². The maximum atomic E-state index is 12.3. The van der Waals surface area contributed by atoms with Gasteiger partial charge in [-0.3, -0.25) is 4.79 Å². The molecular weight excluding hydrogens is 344 g/mol. The lowest BCUT2D eigenvalue weighted by Crippen LogP contribution is -2.19. The molecule has 0 bridgehead atoms. The van der Waals surface area contributed by atoms with Crippen LogP contribution in [-0.4, -0.2) is 17.1 Å². The summed E-state index contributed by atoms with van der Waals surface area (Å²) in [5, 5.41) is 0. The van der Waals surface area contributed by atoms with Crippen molar-refractivity contribution >= 4 is 27.5 Å². The Morgan fingerprint density at radius 1 is 1.19 bits per heavy atom. The van der Waals surface area contributed by atoms with Crippen LogP contribution in [0.5, 0.6) is 5.75 Å². The predicted molar refractivity (Wildman–Crippen MR) is 107 cm³/mol. The van der Waals surface area contributed by atoms with Gasteiger partial charge in [-0.1, -0.05) is 35.1 Å². The SMILES string of the molecule is C=CCn1c(=NC(=O)COc2ccc(C)cc2)sc2cc(C)c(C)cc21. The summed E-state index contributed by atoms with van der Waals surface area (Å²) in [5.74, 6) is 0.365. The van der Waals surface area contributed by atoms with E-state index >= 15 is 0 Å².